The molecule has 2 heterocycles. The Morgan fingerprint density at radius 2 is 2.00 bits per heavy atom. The van der Waals surface area contributed by atoms with Crippen molar-refractivity contribution in [3.8, 4) is 5.75 Å². The van der Waals surface area contributed by atoms with Gasteiger partial charge in [-0.1, -0.05) is 32.0 Å². The molecule has 1 atom stereocenters. The molecule has 1 aliphatic heterocycles. The molecule has 1 aromatic heterocycles. The van der Waals surface area contributed by atoms with Crippen LogP contribution in [0.15, 0.2) is 35.7 Å². The zero-order valence-electron chi connectivity index (χ0n) is 18.7. The molecular weight excluding hydrogens is 408 g/mol. The third kappa shape index (κ3) is 5.12. The summed E-state index contributed by atoms with van der Waals surface area (Å²) in [5.74, 6) is 1.47. The second-order valence-corrected chi connectivity index (χ2v) is 10.1. The van der Waals surface area contributed by atoms with E-state index in [1.807, 2.05) is 36.1 Å². The Hall–Kier alpha value is -2.34. The van der Waals surface area contributed by atoms with Crippen LogP contribution in [0.5, 0.6) is 5.75 Å². The van der Waals surface area contributed by atoms with Crippen LogP contribution in [0.2, 0.25) is 0 Å². The van der Waals surface area contributed by atoms with Gasteiger partial charge in [0.05, 0.1) is 12.6 Å². The van der Waals surface area contributed by atoms with Crippen molar-refractivity contribution >= 4 is 23.2 Å². The highest BCUT2D eigenvalue weighted by Gasteiger charge is 2.37. The highest BCUT2D eigenvalue weighted by atomic mass is 32.1. The summed E-state index contributed by atoms with van der Waals surface area (Å²) >= 11 is 1.75. The molecule has 0 spiro atoms. The van der Waals surface area contributed by atoms with E-state index in [0.717, 1.165) is 30.6 Å². The van der Waals surface area contributed by atoms with Crippen LogP contribution in [0, 0.1) is 18.8 Å². The summed E-state index contributed by atoms with van der Waals surface area (Å²) in [6.45, 7) is 8.09. The molecule has 1 saturated carbocycles. The van der Waals surface area contributed by atoms with Gasteiger partial charge in [-0.2, -0.15) is 0 Å². The Labute approximate surface area is 189 Å². The molecule has 0 unspecified atom stereocenters. The molecule has 1 fully saturated rings. The number of aryl methyl sites for hydroxylation is 1. The van der Waals surface area contributed by atoms with Gasteiger partial charge >= 0.3 is 0 Å². The van der Waals surface area contributed by atoms with Gasteiger partial charge in [-0.25, -0.2) is 0 Å². The largest absolute Gasteiger partial charge is 0.491 e. The first-order chi connectivity index (χ1) is 14.9. The number of rotatable bonds is 8. The molecule has 2 aromatic rings. The first kappa shape index (κ1) is 21.9. The van der Waals surface area contributed by atoms with Crippen molar-refractivity contribution in [2.24, 2.45) is 11.8 Å². The molecule has 6 heteroatoms. The Bertz CT molecular complexity index is 934. The average Bonchev–Trinajstić information content (AvgIpc) is 3.48. The molecule has 0 bridgehead atoms. The minimum Gasteiger partial charge on any atom is -0.491 e. The fourth-order valence-electron chi connectivity index (χ4n) is 4.28. The Balaban J connectivity index is 1.51. The molecule has 1 aromatic carbocycles. The summed E-state index contributed by atoms with van der Waals surface area (Å²) < 4.78 is 6.18. The van der Waals surface area contributed by atoms with Gasteiger partial charge in [-0.05, 0) is 60.7 Å². The molecule has 2 aliphatic rings. The van der Waals surface area contributed by atoms with Gasteiger partial charge < -0.3 is 14.5 Å². The van der Waals surface area contributed by atoms with Crippen molar-refractivity contribution in [2.75, 3.05) is 26.2 Å². The van der Waals surface area contributed by atoms with Gasteiger partial charge in [0.15, 0.2) is 0 Å². The number of thiophene rings is 1. The number of fused-ring (bicyclic) bond motifs is 1. The maximum atomic E-state index is 13.4. The van der Waals surface area contributed by atoms with Crippen molar-refractivity contribution in [1.82, 2.24) is 9.80 Å². The topological polar surface area (TPSA) is 49.9 Å². The standard InChI is InChI=1S/C25H32N2O3S/c1-17(2)14-26(25(29)19-8-9-19)15-24(28)27-12-10-23-20(11-13-31-23)21(27)16-30-22-7-5-4-6-18(22)3/h4-7,11,13,17,19,21H,8-10,12,14-16H2,1-3H3/t21-/m0/s1. The van der Waals surface area contributed by atoms with E-state index in [9.17, 15) is 9.59 Å². The van der Waals surface area contributed by atoms with Crippen molar-refractivity contribution in [1.29, 1.82) is 0 Å². The lowest BCUT2D eigenvalue weighted by atomic mass is 10.00. The number of hydrogen-bond acceptors (Lipinski definition) is 4. The summed E-state index contributed by atoms with van der Waals surface area (Å²) in [5, 5.41) is 2.10. The van der Waals surface area contributed by atoms with E-state index in [0.29, 0.717) is 25.6 Å². The average molecular weight is 441 g/mol. The quantitative estimate of drug-likeness (QED) is 0.609. The lowest BCUT2D eigenvalue weighted by Crippen LogP contribution is -2.48. The minimum absolute atomic E-state index is 0.0184. The molecular formula is C25H32N2O3S. The number of hydrogen-bond donors (Lipinski definition) is 0. The van der Waals surface area contributed by atoms with Crippen LogP contribution in [-0.2, 0) is 16.0 Å². The van der Waals surface area contributed by atoms with Gasteiger partial charge in [0, 0.05) is 23.9 Å². The lowest BCUT2D eigenvalue weighted by molar-refractivity contribution is -0.143. The lowest BCUT2D eigenvalue weighted by Gasteiger charge is -2.37. The molecule has 2 amide bonds. The van der Waals surface area contributed by atoms with Gasteiger partial charge in [-0.3, -0.25) is 9.59 Å². The van der Waals surface area contributed by atoms with Crippen LogP contribution in [0.1, 0.15) is 48.7 Å². The van der Waals surface area contributed by atoms with Crippen molar-refractivity contribution in [3.05, 3.63) is 51.7 Å². The Kier molecular flexibility index (Phi) is 6.65. The fourth-order valence-corrected chi connectivity index (χ4v) is 5.21. The van der Waals surface area contributed by atoms with E-state index in [-0.39, 0.29) is 30.3 Å². The monoisotopic (exact) mass is 440 g/mol. The molecule has 4 rings (SSSR count). The predicted molar refractivity (Wildman–Crippen MR) is 123 cm³/mol. The Morgan fingerprint density at radius 3 is 2.71 bits per heavy atom. The first-order valence-electron chi connectivity index (χ1n) is 11.3. The second-order valence-electron chi connectivity index (χ2n) is 9.12. The maximum Gasteiger partial charge on any atom is 0.242 e. The van der Waals surface area contributed by atoms with E-state index in [2.05, 4.69) is 25.3 Å². The predicted octanol–water partition coefficient (Wildman–Crippen LogP) is 4.46. The smallest absolute Gasteiger partial charge is 0.242 e. The highest BCUT2D eigenvalue weighted by Crippen LogP contribution is 2.35. The highest BCUT2D eigenvalue weighted by molar-refractivity contribution is 7.10. The third-order valence-electron chi connectivity index (χ3n) is 6.06. The number of amides is 2. The molecule has 5 nitrogen and oxygen atoms in total. The summed E-state index contributed by atoms with van der Waals surface area (Å²) in [7, 11) is 0. The summed E-state index contributed by atoms with van der Waals surface area (Å²) in [6.07, 6.45) is 2.77. The van der Waals surface area contributed by atoms with Gasteiger partial charge in [0.25, 0.3) is 0 Å². The van der Waals surface area contributed by atoms with Crippen molar-refractivity contribution < 1.29 is 14.3 Å². The van der Waals surface area contributed by atoms with E-state index < -0.39 is 0 Å². The maximum absolute atomic E-state index is 13.4. The fraction of sp³-hybridized carbons (Fsp3) is 0.520. The first-order valence-corrected chi connectivity index (χ1v) is 12.1. The molecule has 166 valence electrons. The zero-order valence-corrected chi connectivity index (χ0v) is 19.5. The number of nitrogens with zero attached hydrogens (tertiary/aromatic N) is 2. The number of carbonyl (C=O) groups excluding carboxylic acids is 2. The molecule has 0 saturated heterocycles. The number of benzene rings is 1. The molecule has 0 N–H and O–H groups in total. The third-order valence-corrected chi connectivity index (χ3v) is 7.05. The van der Waals surface area contributed by atoms with Crippen molar-refractivity contribution in [2.45, 2.75) is 46.1 Å². The van der Waals surface area contributed by atoms with E-state index in [1.165, 1.54) is 10.4 Å². The minimum atomic E-state index is -0.126. The van der Waals surface area contributed by atoms with E-state index >= 15 is 0 Å². The number of para-hydroxylation sites is 1. The van der Waals surface area contributed by atoms with E-state index in [1.54, 1.807) is 16.2 Å². The molecule has 1 aliphatic carbocycles. The molecule has 0 radical (unpaired) electrons. The second kappa shape index (κ2) is 9.43. The Morgan fingerprint density at radius 1 is 1.23 bits per heavy atom. The van der Waals surface area contributed by atoms with Crippen LogP contribution >= 0.6 is 11.3 Å². The van der Waals surface area contributed by atoms with Crippen LogP contribution in [-0.4, -0.2) is 47.9 Å². The van der Waals surface area contributed by atoms with Gasteiger partial charge in [0.2, 0.25) is 11.8 Å². The SMILES string of the molecule is Cc1ccccc1OC[C@H]1c2ccsc2CCN1C(=O)CN(CC(C)C)C(=O)C1CC1. The van der Waals surface area contributed by atoms with Crippen LogP contribution in [0.3, 0.4) is 0 Å². The summed E-state index contributed by atoms with van der Waals surface area (Å²) in [6, 6.07) is 9.96. The van der Waals surface area contributed by atoms with Crippen LogP contribution < -0.4 is 4.74 Å². The molecule has 31 heavy (non-hydrogen) atoms. The van der Waals surface area contributed by atoms with Crippen molar-refractivity contribution in [3.63, 3.8) is 0 Å². The number of carbonyl (C=O) groups is 2. The summed E-state index contributed by atoms with van der Waals surface area (Å²) in [5.41, 5.74) is 2.27. The number of ether oxygens (including phenoxy) is 1. The van der Waals surface area contributed by atoms with E-state index in [4.69, 9.17) is 4.74 Å². The van der Waals surface area contributed by atoms with Crippen LogP contribution in [0.4, 0.5) is 0 Å². The normalized spacial score (nSPS) is 18.1. The van der Waals surface area contributed by atoms with Gasteiger partial charge in [-0.15, -0.1) is 11.3 Å². The zero-order chi connectivity index (χ0) is 22.0. The van der Waals surface area contributed by atoms with Gasteiger partial charge in [0.1, 0.15) is 12.4 Å². The van der Waals surface area contributed by atoms with Crippen LogP contribution in [0.25, 0.3) is 0 Å². The summed E-state index contributed by atoms with van der Waals surface area (Å²) in [4.78, 5) is 31.3.